The smallest absolute Gasteiger partial charge is 0.232 e. The molecule has 0 amide bonds. The summed E-state index contributed by atoms with van der Waals surface area (Å²) in [6.07, 6.45) is 3.94. The molecule has 5 nitrogen and oxygen atoms in total. The number of Topliss-reactive ketones (excluding diaryl/α,β-unsaturated/α-hetero) is 1. The van der Waals surface area contributed by atoms with Gasteiger partial charge >= 0.3 is 0 Å². The fraction of sp³-hybridized carbons (Fsp3) is 0.320. The highest BCUT2D eigenvalue weighted by molar-refractivity contribution is 9.10. The molecule has 1 N–H and O–H groups in total. The third kappa shape index (κ3) is 3.79. The molecule has 0 bridgehead atoms. The Balaban J connectivity index is 1.49. The average molecular weight is 482 g/mol. The number of ether oxygens (including phenoxy) is 1. The largest absolute Gasteiger partial charge is 0.872 e. The van der Waals surface area contributed by atoms with Crippen LogP contribution < -0.4 is 14.7 Å². The van der Waals surface area contributed by atoms with Crippen molar-refractivity contribution in [3.63, 3.8) is 0 Å². The quantitative estimate of drug-likeness (QED) is 0.573. The van der Waals surface area contributed by atoms with E-state index in [1.165, 1.54) is 4.90 Å². The highest BCUT2D eigenvalue weighted by Crippen LogP contribution is 2.41. The molecule has 160 valence electrons. The Morgan fingerprint density at radius 2 is 2.00 bits per heavy atom. The first-order chi connectivity index (χ1) is 14.9. The van der Waals surface area contributed by atoms with Crippen LogP contribution in [0.4, 0.5) is 0 Å². The lowest BCUT2D eigenvalue weighted by atomic mass is 9.96. The second-order valence-corrected chi connectivity index (χ2v) is 9.67. The summed E-state index contributed by atoms with van der Waals surface area (Å²) in [5.41, 5.74) is 2.51. The monoisotopic (exact) mass is 481 g/mol. The van der Waals surface area contributed by atoms with Gasteiger partial charge in [-0.05, 0) is 55.5 Å². The number of allylic oxidation sites excluding steroid dienone is 1. The molecular weight excluding hydrogens is 458 g/mol. The molecule has 0 spiro atoms. The molecule has 0 aliphatic carbocycles. The fourth-order valence-electron chi connectivity index (χ4n) is 4.57. The first-order valence-electron chi connectivity index (χ1n) is 10.7. The van der Waals surface area contributed by atoms with E-state index in [1.54, 1.807) is 19.1 Å². The minimum atomic E-state index is -0.197. The molecule has 31 heavy (non-hydrogen) atoms. The van der Waals surface area contributed by atoms with Crippen LogP contribution in [-0.2, 0) is 6.54 Å². The number of aryl methyl sites for hydroxylation is 1. The molecule has 2 aliphatic rings. The summed E-state index contributed by atoms with van der Waals surface area (Å²) in [6.45, 7) is 6.73. The molecule has 0 saturated carbocycles. The minimum absolute atomic E-state index is 0.0509. The van der Waals surface area contributed by atoms with Crippen molar-refractivity contribution in [2.45, 2.75) is 33.2 Å². The van der Waals surface area contributed by atoms with Gasteiger partial charge in [-0.3, -0.25) is 4.79 Å². The maximum atomic E-state index is 13.1. The van der Waals surface area contributed by atoms with E-state index < -0.39 is 0 Å². The first kappa shape index (κ1) is 20.3. The van der Waals surface area contributed by atoms with E-state index in [0.29, 0.717) is 34.7 Å². The Kier molecular flexibility index (Phi) is 5.15. The predicted octanol–water partition coefficient (Wildman–Crippen LogP) is 4.01. The maximum absolute atomic E-state index is 13.1. The van der Waals surface area contributed by atoms with Gasteiger partial charge in [0.05, 0.1) is 18.7 Å². The number of benzene rings is 2. The van der Waals surface area contributed by atoms with Crippen molar-refractivity contribution in [2.75, 3.05) is 13.1 Å². The van der Waals surface area contributed by atoms with Crippen molar-refractivity contribution in [3.8, 4) is 11.5 Å². The molecule has 6 heteroatoms. The third-order valence-electron chi connectivity index (χ3n) is 6.38. The van der Waals surface area contributed by atoms with E-state index in [4.69, 9.17) is 9.15 Å². The summed E-state index contributed by atoms with van der Waals surface area (Å²) in [5, 5.41) is 13.7. The van der Waals surface area contributed by atoms with Crippen LogP contribution in [0.15, 0.2) is 45.0 Å². The Hall–Kier alpha value is -2.57. The second-order valence-electron chi connectivity index (χ2n) is 8.75. The number of hydrogen-bond donors (Lipinski definition) is 1. The summed E-state index contributed by atoms with van der Waals surface area (Å²) in [6, 6.07) is 9.19. The highest BCUT2D eigenvalue weighted by Gasteiger charge is 2.33. The van der Waals surface area contributed by atoms with Gasteiger partial charge in [0.25, 0.3) is 0 Å². The van der Waals surface area contributed by atoms with Gasteiger partial charge in [-0.2, -0.15) is 0 Å². The number of likely N-dealkylation sites (tertiary alicyclic amines) is 1. The van der Waals surface area contributed by atoms with E-state index in [1.807, 2.05) is 24.3 Å². The number of quaternary nitrogens is 1. The van der Waals surface area contributed by atoms with Crippen LogP contribution in [0.2, 0.25) is 0 Å². The molecule has 3 heterocycles. The molecule has 1 aromatic heterocycles. The molecule has 0 radical (unpaired) electrons. The minimum Gasteiger partial charge on any atom is -0.872 e. The first-order valence-corrected chi connectivity index (χ1v) is 11.5. The maximum Gasteiger partial charge on any atom is 0.232 e. The van der Waals surface area contributed by atoms with Gasteiger partial charge < -0.3 is 19.2 Å². The standard InChI is InChI=1S/C25H24BrNO4/c1-14-5-7-27(8-6-14)13-19-20(28)9-15(2)23-24(29)22(31-25(19)23)12-18-11-16-10-17(26)3-4-21(16)30-18/h3-4,9-12,14,28H,5-8,13H2,1-2H3/b22-12-. The molecule has 0 unspecified atom stereocenters. The Morgan fingerprint density at radius 3 is 2.77 bits per heavy atom. The van der Waals surface area contributed by atoms with Gasteiger partial charge in [0.1, 0.15) is 23.6 Å². The van der Waals surface area contributed by atoms with Crippen LogP contribution in [0.3, 0.4) is 0 Å². The molecular formula is C25H24BrNO4. The lowest BCUT2D eigenvalue weighted by Crippen LogP contribution is -3.11. The molecule has 2 aromatic carbocycles. The number of piperidine rings is 1. The normalized spacial score (nSPS) is 22.2. The van der Waals surface area contributed by atoms with Gasteiger partial charge in [0, 0.05) is 21.5 Å². The zero-order valence-electron chi connectivity index (χ0n) is 17.6. The van der Waals surface area contributed by atoms with Crippen molar-refractivity contribution >= 4 is 38.8 Å². The number of carbonyl (C=O) groups is 1. The van der Waals surface area contributed by atoms with Crippen LogP contribution in [0.25, 0.3) is 17.0 Å². The molecule has 2 aliphatic heterocycles. The van der Waals surface area contributed by atoms with Gasteiger partial charge in [0.15, 0.2) is 5.76 Å². The number of rotatable bonds is 3. The van der Waals surface area contributed by atoms with Gasteiger partial charge in [-0.1, -0.05) is 34.7 Å². The highest BCUT2D eigenvalue weighted by atomic mass is 79.9. The van der Waals surface area contributed by atoms with Crippen LogP contribution in [0.5, 0.6) is 11.5 Å². The van der Waals surface area contributed by atoms with Crippen molar-refractivity contribution in [2.24, 2.45) is 5.92 Å². The van der Waals surface area contributed by atoms with Crippen LogP contribution in [0, 0.1) is 12.8 Å². The lowest BCUT2D eigenvalue weighted by molar-refractivity contribution is -0.919. The second kappa shape index (κ2) is 7.84. The summed E-state index contributed by atoms with van der Waals surface area (Å²) < 4.78 is 12.8. The number of nitrogens with one attached hydrogen (secondary N) is 1. The SMILES string of the molecule is Cc1cc([O-])c(C[NH+]2CCC(C)CC2)c2c1C(=O)/C(=C/c1cc3cc(Br)ccc3o1)O2. The summed E-state index contributed by atoms with van der Waals surface area (Å²) >= 11 is 3.46. The number of ketones is 1. The topological polar surface area (TPSA) is 66.9 Å². The molecule has 0 atom stereocenters. The lowest BCUT2D eigenvalue weighted by Gasteiger charge is -2.29. The van der Waals surface area contributed by atoms with Crippen LogP contribution >= 0.6 is 15.9 Å². The van der Waals surface area contributed by atoms with Crippen molar-refractivity contribution in [3.05, 3.63) is 63.0 Å². The van der Waals surface area contributed by atoms with E-state index in [9.17, 15) is 9.90 Å². The number of furan rings is 1. The number of halogens is 1. The molecule has 3 aromatic rings. The fourth-order valence-corrected chi connectivity index (χ4v) is 4.95. The zero-order valence-corrected chi connectivity index (χ0v) is 19.2. The van der Waals surface area contributed by atoms with Crippen LogP contribution in [0.1, 0.15) is 47.0 Å². The van der Waals surface area contributed by atoms with Crippen LogP contribution in [-0.4, -0.2) is 18.9 Å². The molecule has 5 rings (SSSR count). The predicted molar refractivity (Wildman–Crippen MR) is 120 cm³/mol. The zero-order chi connectivity index (χ0) is 21.7. The van der Waals surface area contributed by atoms with E-state index in [-0.39, 0.29) is 17.3 Å². The summed E-state index contributed by atoms with van der Waals surface area (Å²) in [4.78, 5) is 14.5. The Labute approximate surface area is 189 Å². The van der Waals surface area contributed by atoms with Gasteiger partial charge in [-0.15, -0.1) is 0 Å². The van der Waals surface area contributed by atoms with Gasteiger partial charge in [0.2, 0.25) is 5.78 Å². The third-order valence-corrected chi connectivity index (χ3v) is 6.88. The Bertz CT molecular complexity index is 1220. The van der Waals surface area contributed by atoms with E-state index in [0.717, 1.165) is 47.3 Å². The Morgan fingerprint density at radius 1 is 1.23 bits per heavy atom. The number of fused-ring (bicyclic) bond motifs is 2. The molecule has 1 saturated heterocycles. The van der Waals surface area contributed by atoms with Crippen molar-refractivity contribution in [1.82, 2.24) is 0 Å². The molecule has 1 fully saturated rings. The van der Waals surface area contributed by atoms with Crippen molar-refractivity contribution < 1.29 is 24.0 Å². The number of hydrogen-bond acceptors (Lipinski definition) is 4. The number of carbonyl (C=O) groups excluding carboxylic acids is 1. The summed E-state index contributed by atoms with van der Waals surface area (Å²) in [5.74, 6) is 1.66. The van der Waals surface area contributed by atoms with E-state index >= 15 is 0 Å². The van der Waals surface area contributed by atoms with Gasteiger partial charge in [-0.25, -0.2) is 0 Å². The summed E-state index contributed by atoms with van der Waals surface area (Å²) in [7, 11) is 0. The average Bonchev–Trinajstić information content (AvgIpc) is 3.27. The van der Waals surface area contributed by atoms with E-state index in [2.05, 4.69) is 22.9 Å². The van der Waals surface area contributed by atoms with Crippen molar-refractivity contribution in [1.29, 1.82) is 0 Å².